The number of carbonyl (C=O) groups excluding carboxylic acids is 3. The van der Waals surface area contributed by atoms with Gasteiger partial charge in [0.2, 0.25) is 17.7 Å². The monoisotopic (exact) mass is 741 g/mol. The predicted octanol–water partition coefficient (Wildman–Crippen LogP) is 7.43. The number of benzene rings is 3. The van der Waals surface area contributed by atoms with Gasteiger partial charge in [0, 0.05) is 21.0 Å². The molecule has 3 amide bonds. The summed E-state index contributed by atoms with van der Waals surface area (Å²) in [4.78, 5) is 54.9. The highest BCUT2D eigenvalue weighted by molar-refractivity contribution is 9.10. The molecule has 6 rings (SSSR count). The molecule has 1 fully saturated rings. The van der Waals surface area contributed by atoms with Gasteiger partial charge in [-0.1, -0.05) is 80.4 Å². The molecule has 3 atom stereocenters. The maximum Gasteiger partial charge on any atom is 0.416 e. The number of hydrogen-bond acceptors (Lipinski definition) is 6. The van der Waals surface area contributed by atoms with Crippen LogP contribution in [0.4, 0.5) is 24.5 Å². The normalized spacial score (nSPS) is 19.6. The largest absolute Gasteiger partial charge is 0.416 e. The lowest BCUT2D eigenvalue weighted by Gasteiger charge is -2.30. The Hall–Kier alpha value is -3.10. The molecule has 0 bridgehead atoms. The molecule has 3 aromatic carbocycles. The molecular formula is C29H17BrCl2F3N3O4S2. The quantitative estimate of drug-likeness (QED) is 0.215. The van der Waals surface area contributed by atoms with Crippen molar-refractivity contribution >= 4 is 91.3 Å². The SMILES string of the molecule is O=C(Cn1c2c(sc1=O)[C@@H](c1cccc(Br)c1)[C@@H]1C(=O)N(c3cccc(C(F)(F)F)c3)C(=O)[C@@H]1S2)Nc1ccc(Cl)c(Cl)c1. The second kappa shape index (κ2) is 11.7. The van der Waals surface area contributed by atoms with Gasteiger partial charge in [-0.2, -0.15) is 13.2 Å². The highest BCUT2D eigenvalue weighted by Crippen LogP contribution is 2.54. The molecule has 4 aromatic rings. The van der Waals surface area contributed by atoms with Crippen molar-refractivity contribution in [2.75, 3.05) is 10.2 Å². The van der Waals surface area contributed by atoms with E-state index in [1.165, 1.54) is 22.8 Å². The van der Waals surface area contributed by atoms with Gasteiger partial charge < -0.3 is 5.32 Å². The van der Waals surface area contributed by atoms with Gasteiger partial charge in [0.15, 0.2) is 0 Å². The van der Waals surface area contributed by atoms with Crippen LogP contribution in [-0.2, 0) is 27.1 Å². The highest BCUT2D eigenvalue weighted by atomic mass is 79.9. The average molecular weight is 743 g/mol. The van der Waals surface area contributed by atoms with E-state index in [1.54, 1.807) is 30.3 Å². The van der Waals surface area contributed by atoms with E-state index in [4.69, 9.17) is 23.2 Å². The van der Waals surface area contributed by atoms with Crippen molar-refractivity contribution in [3.05, 3.63) is 107 Å². The molecule has 226 valence electrons. The van der Waals surface area contributed by atoms with Gasteiger partial charge in [0.05, 0.1) is 32.2 Å². The van der Waals surface area contributed by atoms with E-state index in [0.717, 1.165) is 46.2 Å². The Morgan fingerprint density at radius 2 is 1.70 bits per heavy atom. The Bertz CT molecular complexity index is 1920. The minimum Gasteiger partial charge on any atom is -0.324 e. The lowest BCUT2D eigenvalue weighted by molar-refractivity contribution is -0.137. The Balaban J connectivity index is 1.40. The molecule has 0 radical (unpaired) electrons. The first-order valence-corrected chi connectivity index (χ1v) is 16.0. The molecule has 1 saturated heterocycles. The predicted molar refractivity (Wildman–Crippen MR) is 167 cm³/mol. The van der Waals surface area contributed by atoms with Crippen molar-refractivity contribution in [3.63, 3.8) is 0 Å². The van der Waals surface area contributed by atoms with Crippen LogP contribution in [0.15, 0.2) is 81.0 Å². The zero-order chi connectivity index (χ0) is 31.5. The second-order valence-electron chi connectivity index (χ2n) is 9.96. The number of rotatable bonds is 5. The minimum absolute atomic E-state index is 0.195. The Morgan fingerprint density at radius 3 is 2.41 bits per heavy atom. The van der Waals surface area contributed by atoms with E-state index in [2.05, 4.69) is 21.2 Å². The van der Waals surface area contributed by atoms with E-state index in [0.29, 0.717) is 30.6 Å². The third kappa shape index (κ3) is 5.60. The lowest BCUT2D eigenvalue weighted by Crippen LogP contribution is -2.33. The molecule has 0 saturated carbocycles. The first-order chi connectivity index (χ1) is 20.8. The summed E-state index contributed by atoms with van der Waals surface area (Å²) in [5.41, 5.74) is -0.214. The number of aromatic nitrogens is 1. The standard InChI is InChI=1S/C29H17BrCl2F3N3O4S2/c30-15-5-1-3-13(9-15)21-22-23(26(41)38(25(22)40)17-6-2-4-14(10-17)29(33,34)35)43-27-24(21)44-28(42)37(27)12-20(39)36-16-7-8-18(31)19(32)11-16/h1-11,21-23H,12H2,(H,36,39)/t21-,22-,23+/m0/s1. The van der Waals surface area contributed by atoms with E-state index < -0.39 is 58.0 Å². The third-order valence-electron chi connectivity index (χ3n) is 7.19. The maximum atomic E-state index is 13.9. The molecule has 15 heteroatoms. The van der Waals surface area contributed by atoms with Crippen LogP contribution >= 0.6 is 62.2 Å². The summed E-state index contributed by atoms with van der Waals surface area (Å²) in [6.45, 7) is -0.403. The number of alkyl halides is 3. The molecule has 0 unspecified atom stereocenters. The molecule has 1 aromatic heterocycles. The fourth-order valence-corrected chi connectivity index (χ4v) is 8.80. The summed E-state index contributed by atoms with van der Waals surface area (Å²) in [5.74, 6) is -3.72. The zero-order valence-corrected chi connectivity index (χ0v) is 26.6. The van der Waals surface area contributed by atoms with Crippen molar-refractivity contribution in [1.29, 1.82) is 0 Å². The summed E-state index contributed by atoms with van der Waals surface area (Å²) in [7, 11) is 0. The summed E-state index contributed by atoms with van der Waals surface area (Å²) in [5, 5.41) is 2.46. The van der Waals surface area contributed by atoms with Crippen LogP contribution in [0.2, 0.25) is 10.0 Å². The van der Waals surface area contributed by atoms with Crippen molar-refractivity contribution in [2.24, 2.45) is 5.92 Å². The summed E-state index contributed by atoms with van der Waals surface area (Å²) >= 11 is 17.2. The van der Waals surface area contributed by atoms with Gasteiger partial charge in [0.25, 0.3) is 0 Å². The number of nitrogens with one attached hydrogen (secondary N) is 1. The molecule has 0 aliphatic carbocycles. The van der Waals surface area contributed by atoms with Crippen LogP contribution in [0.3, 0.4) is 0 Å². The van der Waals surface area contributed by atoms with E-state index >= 15 is 0 Å². The molecule has 2 aliphatic heterocycles. The molecule has 2 aliphatic rings. The molecular weight excluding hydrogens is 726 g/mol. The minimum atomic E-state index is -4.68. The fraction of sp³-hybridized carbons (Fsp3) is 0.172. The Kier molecular flexibility index (Phi) is 8.20. The Morgan fingerprint density at radius 1 is 0.955 bits per heavy atom. The number of amides is 3. The van der Waals surface area contributed by atoms with Crippen LogP contribution in [0, 0.1) is 5.92 Å². The smallest absolute Gasteiger partial charge is 0.324 e. The van der Waals surface area contributed by atoms with Gasteiger partial charge in [-0.25, -0.2) is 4.90 Å². The summed E-state index contributed by atoms with van der Waals surface area (Å²) < 4.78 is 42.4. The van der Waals surface area contributed by atoms with Crippen LogP contribution in [0.25, 0.3) is 0 Å². The number of nitrogens with zero attached hydrogens (tertiary/aromatic N) is 2. The van der Waals surface area contributed by atoms with Crippen molar-refractivity contribution in [2.45, 2.75) is 28.9 Å². The molecule has 1 N–H and O–H groups in total. The van der Waals surface area contributed by atoms with E-state index in [-0.39, 0.29) is 10.7 Å². The van der Waals surface area contributed by atoms with Crippen LogP contribution in [0.5, 0.6) is 0 Å². The highest BCUT2D eigenvalue weighted by Gasteiger charge is 2.57. The van der Waals surface area contributed by atoms with Crippen molar-refractivity contribution < 1.29 is 27.6 Å². The summed E-state index contributed by atoms with van der Waals surface area (Å²) in [6.07, 6.45) is -4.68. The maximum absolute atomic E-state index is 13.9. The number of halogens is 6. The number of thiazole rings is 1. The van der Waals surface area contributed by atoms with Gasteiger partial charge in [0.1, 0.15) is 11.8 Å². The van der Waals surface area contributed by atoms with Gasteiger partial charge in [-0.3, -0.25) is 23.7 Å². The fourth-order valence-electron chi connectivity index (χ4n) is 5.31. The van der Waals surface area contributed by atoms with Crippen LogP contribution in [-0.4, -0.2) is 27.5 Å². The number of hydrogen-bond donors (Lipinski definition) is 1. The van der Waals surface area contributed by atoms with Crippen molar-refractivity contribution in [3.8, 4) is 0 Å². The van der Waals surface area contributed by atoms with Crippen LogP contribution < -0.4 is 15.1 Å². The number of fused-ring (bicyclic) bond motifs is 2. The number of anilines is 2. The Labute approximate surface area is 274 Å². The lowest BCUT2D eigenvalue weighted by atomic mass is 9.83. The number of imide groups is 1. The molecule has 44 heavy (non-hydrogen) atoms. The van der Waals surface area contributed by atoms with E-state index in [1.807, 2.05) is 0 Å². The summed E-state index contributed by atoms with van der Waals surface area (Å²) in [6, 6.07) is 15.6. The first-order valence-electron chi connectivity index (χ1n) is 12.8. The van der Waals surface area contributed by atoms with Gasteiger partial charge in [-0.15, -0.1) is 0 Å². The van der Waals surface area contributed by atoms with Gasteiger partial charge in [-0.05, 0) is 54.1 Å². The topological polar surface area (TPSA) is 88.5 Å². The molecule has 3 heterocycles. The number of thioether (sulfide) groups is 1. The number of carbonyl (C=O) groups is 3. The third-order valence-corrected chi connectivity index (χ3v) is 11.0. The van der Waals surface area contributed by atoms with Gasteiger partial charge >= 0.3 is 11.0 Å². The van der Waals surface area contributed by atoms with Crippen LogP contribution in [0.1, 0.15) is 21.9 Å². The first kappa shape index (κ1) is 30.9. The second-order valence-corrected chi connectivity index (χ2v) is 13.8. The van der Waals surface area contributed by atoms with E-state index in [9.17, 15) is 32.3 Å². The zero-order valence-electron chi connectivity index (χ0n) is 21.9. The molecule has 0 spiro atoms. The average Bonchev–Trinajstić information content (AvgIpc) is 3.40. The molecule has 7 nitrogen and oxygen atoms in total. The van der Waals surface area contributed by atoms with Crippen molar-refractivity contribution in [1.82, 2.24) is 4.57 Å².